The van der Waals surface area contributed by atoms with Crippen molar-refractivity contribution in [2.45, 2.75) is 4.90 Å². The molecule has 2 N–H and O–H groups in total. The van der Waals surface area contributed by atoms with Crippen molar-refractivity contribution >= 4 is 22.3 Å². The third-order valence-electron chi connectivity index (χ3n) is 1.85. The molecule has 1 rings (SSSR count). The number of sulfonamides is 1. The van der Waals surface area contributed by atoms with E-state index in [0.29, 0.717) is 11.8 Å². The summed E-state index contributed by atoms with van der Waals surface area (Å²) in [5.74, 6) is 3.41. The molecule has 1 aromatic carbocycles. The summed E-state index contributed by atoms with van der Waals surface area (Å²) in [6.45, 7) is -0.685. The summed E-state index contributed by atoms with van der Waals surface area (Å²) < 4.78 is 25.1. The summed E-state index contributed by atoms with van der Waals surface area (Å²) in [4.78, 5) is 20.2. The van der Waals surface area contributed by atoms with E-state index in [1.807, 2.05) is 4.72 Å². The summed E-state index contributed by atoms with van der Waals surface area (Å²) in [6.07, 6.45) is 0.430. The number of aldehydes is 1. The Morgan fingerprint density at radius 2 is 1.94 bits per heavy atom. The van der Waals surface area contributed by atoms with E-state index >= 15 is 0 Å². The van der Waals surface area contributed by atoms with Gasteiger partial charge in [-0.1, -0.05) is 5.92 Å². The van der Waals surface area contributed by atoms with E-state index in [-0.39, 0.29) is 4.90 Å². The van der Waals surface area contributed by atoms with Gasteiger partial charge in [0, 0.05) is 5.56 Å². The second-order valence-corrected chi connectivity index (χ2v) is 4.90. The molecule has 0 spiro atoms. The lowest BCUT2D eigenvalue weighted by Crippen LogP contribution is -2.29. The highest BCUT2D eigenvalue weighted by Gasteiger charge is 2.14. The fourth-order valence-corrected chi connectivity index (χ4v) is 2.04. The van der Waals surface area contributed by atoms with Gasteiger partial charge in [-0.05, 0) is 30.2 Å². The SMILES string of the molecule is O=CC#Cc1ccc(S(=O)(=O)NCC(=O)O)cc1. The van der Waals surface area contributed by atoms with Crippen molar-refractivity contribution < 1.29 is 23.1 Å². The maximum Gasteiger partial charge on any atom is 0.318 e. The Morgan fingerprint density at radius 1 is 1.33 bits per heavy atom. The molecule has 0 aliphatic rings. The monoisotopic (exact) mass is 267 g/mol. The first-order valence-corrected chi connectivity index (χ1v) is 6.21. The van der Waals surface area contributed by atoms with E-state index in [9.17, 15) is 18.0 Å². The molecular formula is C11H9NO5S. The number of carboxylic acids is 1. The first-order chi connectivity index (χ1) is 8.45. The lowest BCUT2D eigenvalue weighted by Gasteiger charge is -2.04. The van der Waals surface area contributed by atoms with Gasteiger partial charge in [0.15, 0.2) is 6.29 Å². The quantitative estimate of drug-likeness (QED) is 0.571. The maximum absolute atomic E-state index is 11.6. The standard InChI is InChI=1S/C11H9NO5S/c13-7-1-2-9-3-5-10(6-4-9)18(16,17)12-8-11(14)15/h3-7,12H,8H2,(H,14,15). The largest absolute Gasteiger partial charge is 0.480 e. The van der Waals surface area contributed by atoms with Gasteiger partial charge < -0.3 is 5.11 Å². The van der Waals surface area contributed by atoms with E-state index in [0.717, 1.165) is 0 Å². The lowest BCUT2D eigenvalue weighted by molar-refractivity contribution is -0.135. The number of carboxylic acid groups (broad SMARTS) is 1. The molecule has 0 aliphatic carbocycles. The Kier molecular flexibility index (Phi) is 4.59. The third kappa shape index (κ3) is 4.01. The highest BCUT2D eigenvalue weighted by Crippen LogP contribution is 2.09. The molecule has 0 unspecified atom stereocenters. The molecule has 0 saturated heterocycles. The molecule has 0 amide bonds. The van der Waals surface area contributed by atoms with Gasteiger partial charge in [0.05, 0.1) is 4.90 Å². The van der Waals surface area contributed by atoms with Crippen molar-refractivity contribution in [2.24, 2.45) is 0 Å². The summed E-state index contributed by atoms with van der Waals surface area (Å²) in [5.41, 5.74) is 0.485. The van der Waals surface area contributed by atoms with E-state index in [1.54, 1.807) is 0 Å². The van der Waals surface area contributed by atoms with Crippen molar-refractivity contribution in [1.29, 1.82) is 0 Å². The van der Waals surface area contributed by atoms with E-state index in [4.69, 9.17) is 5.11 Å². The van der Waals surface area contributed by atoms with Crippen LogP contribution in [0.4, 0.5) is 0 Å². The van der Waals surface area contributed by atoms with Gasteiger partial charge in [-0.25, -0.2) is 8.42 Å². The van der Waals surface area contributed by atoms with Crippen LogP contribution in [0.3, 0.4) is 0 Å². The number of carbonyl (C=O) groups is 2. The molecule has 0 saturated carbocycles. The van der Waals surface area contributed by atoms with Gasteiger partial charge in [-0.15, -0.1) is 0 Å². The van der Waals surface area contributed by atoms with Crippen LogP contribution in [0.5, 0.6) is 0 Å². The number of hydrogen-bond donors (Lipinski definition) is 2. The fraction of sp³-hybridized carbons (Fsp3) is 0.0909. The number of hydrogen-bond acceptors (Lipinski definition) is 4. The van der Waals surface area contributed by atoms with Crippen LogP contribution < -0.4 is 4.72 Å². The molecule has 0 aromatic heterocycles. The average molecular weight is 267 g/mol. The zero-order valence-corrected chi connectivity index (χ0v) is 9.90. The zero-order valence-electron chi connectivity index (χ0n) is 9.08. The summed E-state index contributed by atoms with van der Waals surface area (Å²) in [7, 11) is -3.84. The van der Waals surface area contributed by atoms with Crippen LogP contribution in [-0.4, -0.2) is 32.3 Å². The lowest BCUT2D eigenvalue weighted by atomic mass is 10.2. The zero-order chi connectivity index (χ0) is 13.6. The van der Waals surface area contributed by atoms with Gasteiger partial charge >= 0.3 is 5.97 Å². The molecule has 18 heavy (non-hydrogen) atoms. The van der Waals surface area contributed by atoms with E-state index in [1.165, 1.54) is 24.3 Å². The number of carbonyl (C=O) groups excluding carboxylic acids is 1. The number of aliphatic carboxylic acids is 1. The summed E-state index contributed by atoms with van der Waals surface area (Å²) in [6, 6.07) is 5.40. The minimum atomic E-state index is -3.84. The number of benzene rings is 1. The fourth-order valence-electron chi connectivity index (χ4n) is 1.07. The smallest absolute Gasteiger partial charge is 0.318 e. The number of rotatable bonds is 4. The molecule has 94 valence electrons. The second-order valence-electron chi connectivity index (χ2n) is 3.13. The van der Waals surface area contributed by atoms with Gasteiger partial charge in [0.25, 0.3) is 0 Å². The molecule has 1 aromatic rings. The third-order valence-corrected chi connectivity index (χ3v) is 3.27. The molecule has 0 heterocycles. The number of nitrogens with one attached hydrogen (secondary N) is 1. The Hall–Kier alpha value is -2.17. The van der Waals surface area contributed by atoms with Crippen molar-refractivity contribution in [1.82, 2.24) is 4.72 Å². The Labute approximate surface area is 104 Å². The highest BCUT2D eigenvalue weighted by molar-refractivity contribution is 7.89. The molecule has 0 fully saturated rings. The van der Waals surface area contributed by atoms with Crippen molar-refractivity contribution in [3.05, 3.63) is 29.8 Å². The predicted molar refractivity (Wildman–Crippen MR) is 62.2 cm³/mol. The first-order valence-electron chi connectivity index (χ1n) is 4.72. The van der Waals surface area contributed by atoms with Gasteiger partial charge in [0.1, 0.15) is 6.54 Å². The van der Waals surface area contributed by atoms with E-state index in [2.05, 4.69) is 11.8 Å². The van der Waals surface area contributed by atoms with Crippen LogP contribution in [0.2, 0.25) is 0 Å². The average Bonchev–Trinajstić information content (AvgIpc) is 2.34. The summed E-state index contributed by atoms with van der Waals surface area (Å²) >= 11 is 0. The van der Waals surface area contributed by atoms with Crippen LogP contribution in [-0.2, 0) is 19.6 Å². The molecule has 7 heteroatoms. The van der Waals surface area contributed by atoms with Crippen LogP contribution >= 0.6 is 0 Å². The second kappa shape index (κ2) is 5.95. The Bertz CT molecular complexity index is 607. The predicted octanol–water partition coefficient (Wildman–Crippen LogP) is -0.400. The normalized spacial score (nSPS) is 10.2. The maximum atomic E-state index is 11.6. The van der Waals surface area contributed by atoms with Gasteiger partial charge in [-0.3, -0.25) is 9.59 Å². The minimum absolute atomic E-state index is 0.0691. The van der Waals surface area contributed by atoms with E-state index < -0.39 is 22.5 Å². The Morgan fingerprint density at radius 3 is 2.44 bits per heavy atom. The van der Waals surface area contributed by atoms with Gasteiger partial charge in [0.2, 0.25) is 10.0 Å². The molecule has 0 atom stereocenters. The van der Waals surface area contributed by atoms with Crippen molar-refractivity contribution in [2.75, 3.05) is 6.54 Å². The molecule has 0 bridgehead atoms. The molecule has 0 aliphatic heterocycles. The van der Waals surface area contributed by atoms with Gasteiger partial charge in [-0.2, -0.15) is 4.72 Å². The van der Waals surface area contributed by atoms with Crippen LogP contribution in [0.25, 0.3) is 0 Å². The molecule has 6 nitrogen and oxygen atoms in total. The Balaban J connectivity index is 2.90. The molecular weight excluding hydrogens is 258 g/mol. The topological polar surface area (TPSA) is 101 Å². The minimum Gasteiger partial charge on any atom is -0.480 e. The van der Waals surface area contributed by atoms with Crippen LogP contribution in [0.15, 0.2) is 29.2 Å². The van der Waals surface area contributed by atoms with Crippen LogP contribution in [0.1, 0.15) is 5.56 Å². The van der Waals surface area contributed by atoms with Crippen molar-refractivity contribution in [3.8, 4) is 11.8 Å². The molecule has 0 radical (unpaired) electrons. The summed E-state index contributed by atoms with van der Waals surface area (Å²) in [5, 5.41) is 8.39. The van der Waals surface area contributed by atoms with Crippen LogP contribution in [0, 0.1) is 11.8 Å². The van der Waals surface area contributed by atoms with Crippen molar-refractivity contribution in [3.63, 3.8) is 0 Å². The highest BCUT2D eigenvalue weighted by atomic mass is 32.2. The first kappa shape index (κ1) is 13.9.